The Kier molecular flexibility index (Phi) is 16.3. The van der Waals surface area contributed by atoms with Crippen molar-refractivity contribution in [2.45, 2.75) is 41.5 Å². The molecule has 418 valence electrons. The van der Waals surface area contributed by atoms with E-state index in [0.29, 0.717) is 23.8 Å². The van der Waals surface area contributed by atoms with E-state index in [2.05, 4.69) is 47.0 Å². The minimum Gasteiger partial charge on any atom is -0.448 e. The number of fused-ring (bicyclic) bond motifs is 1. The van der Waals surface area contributed by atoms with Crippen molar-refractivity contribution in [3.8, 4) is 0 Å². The molecular weight excluding hydrogens is 1090 g/mol. The van der Waals surface area contributed by atoms with Crippen LogP contribution in [0.5, 0.6) is 0 Å². The number of amides is 3. The van der Waals surface area contributed by atoms with Crippen LogP contribution in [0.3, 0.4) is 0 Å². The largest absolute Gasteiger partial charge is 0.448 e. The van der Waals surface area contributed by atoms with E-state index in [-0.39, 0.29) is 29.5 Å². The maximum absolute atomic E-state index is 15.6. The lowest BCUT2D eigenvalue weighted by Gasteiger charge is -2.49. The Morgan fingerprint density at radius 3 is 1.51 bits per heavy atom. The molecule has 12 rings (SSSR count). The molecule has 0 bridgehead atoms. The number of ether oxygens (including phenoxy) is 2. The van der Waals surface area contributed by atoms with Gasteiger partial charge in [-0.1, -0.05) is 248 Å². The molecule has 13 nitrogen and oxygen atoms in total. The number of carbonyl (C=O) groups excluding carboxylic acids is 4. The van der Waals surface area contributed by atoms with Crippen LogP contribution in [-0.4, -0.2) is 81.2 Å². The van der Waals surface area contributed by atoms with E-state index < -0.39 is 52.5 Å². The number of rotatable bonds is 19. The molecule has 3 aliphatic heterocycles. The quantitative estimate of drug-likeness (QED) is 0.0263. The lowest BCUT2D eigenvalue weighted by molar-refractivity contribution is -0.154. The highest BCUT2D eigenvalue weighted by Crippen LogP contribution is 2.45. The number of β-lactam (4-membered cyclic amide) rings is 1. The molecule has 0 saturated carbocycles. The number of aromatic nitrogens is 1. The zero-order valence-corrected chi connectivity index (χ0v) is 47.2. The molecule has 4 heterocycles. The molecule has 1 unspecified atom stereocenters. The predicted octanol–water partition coefficient (Wildman–Crippen LogP) is 12.5. The first-order valence-corrected chi connectivity index (χ1v) is 29.8. The molecule has 2 saturated heterocycles. The summed E-state index contributed by atoms with van der Waals surface area (Å²) < 4.78 is 12.3. The maximum Gasteiger partial charge on any atom is 0.410 e. The molecule has 3 aliphatic rings. The van der Waals surface area contributed by atoms with Gasteiger partial charge in [0.1, 0.15) is 35.0 Å². The van der Waals surface area contributed by atoms with Crippen LogP contribution in [0.4, 0.5) is 9.93 Å². The number of esters is 1. The van der Waals surface area contributed by atoms with Crippen molar-refractivity contribution in [2.24, 2.45) is 5.16 Å². The molecule has 3 amide bonds. The van der Waals surface area contributed by atoms with E-state index in [4.69, 9.17) is 24.5 Å². The molecule has 2 fully saturated rings. The number of hydrogen-bond acceptors (Lipinski definition) is 12. The zero-order valence-electron chi connectivity index (χ0n) is 45.6. The van der Waals surface area contributed by atoms with Gasteiger partial charge >= 0.3 is 12.1 Å². The number of hydrogen-bond donors (Lipinski definition) is 2. The fourth-order valence-electron chi connectivity index (χ4n) is 11.3. The first-order valence-electron chi connectivity index (χ1n) is 27.9. The van der Waals surface area contributed by atoms with Gasteiger partial charge < -0.3 is 29.8 Å². The minimum absolute atomic E-state index is 0.0372. The molecule has 2 N–H and O–H groups in total. The van der Waals surface area contributed by atoms with E-state index >= 15 is 9.59 Å². The lowest BCUT2D eigenvalue weighted by Crippen LogP contribution is -2.71. The number of carbonyl (C=O) groups is 4. The number of nitrogens with one attached hydrogen (secondary N) is 2. The Balaban J connectivity index is 0.928. The van der Waals surface area contributed by atoms with E-state index in [0.717, 1.165) is 57.3 Å². The van der Waals surface area contributed by atoms with E-state index in [1.807, 2.05) is 206 Å². The molecule has 0 radical (unpaired) electrons. The first-order chi connectivity index (χ1) is 41.3. The Morgan fingerprint density at radius 2 is 1.05 bits per heavy atom. The Hall–Kier alpha value is -9.57. The molecule has 1 aromatic heterocycles. The van der Waals surface area contributed by atoms with Crippen LogP contribution in [0.15, 0.2) is 264 Å². The van der Waals surface area contributed by atoms with Gasteiger partial charge in [0.05, 0.1) is 0 Å². The number of nitrogens with zero attached hydrogens (tertiary/aromatic N) is 4. The summed E-state index contributed by atoms with van der Waals surface area (Å²) in [7, 11) is 0. The Bertz CT molecular complexity index is 3570. The van der Waals surface area contributed by atoms with Crippen LogP contribution < -0.4 is 10.6 Å². The summed E-state index contributed by atoms with van der Waals surface area (Å²) in [6, 6.07) is 77.0. The predicted molar refractivity (Wildman–Crippen MR) is 327 cm³/mol. The van der Waals surface area contributed by atoms with Gasteiger partial charge in [-0.15, -0.1) is 23.1 Å². The summed E-state index contributed by atoms with van der Waals surface area (Å²) in [6.45, 7) is 0.895. The third-order valence-corrected chi connectivity index (χ3v) is 17.5. The lowest BCUT2D eigenvalue weighted by atomic mass is 9.77. The van der Waals surface area contributed by atoms with Gasteiger partial charge in [-0.25, -0.2) is 14.6 Å². The Morgan fingerprint density at radius 1 is 0.607 bits per heavy atom. The second-order valence-electron chi connectivity index (χ2n) is 20.5. The smallest absolute Gasteiger partial charge is 0.410 e. The van der Waals surface area contributed by atoms with Crippen molar-refractivity contribution < 1.29 is 33.5 Å². The monoisotopic (exact) mass is 1150 g/mol. The zero-order chi connectivity index (χ0) is 57.3. The number of likely N-dealkylation sites (tertiary alicyclic amines) is 1. The topological polar surface area (TPSA) is 152 Å². The van der Waals surface area contributed by atoms with Gasteiger partial charge in [0, 0.05) is 46.5 Å². The molecule has 2 atom stereocenters. The van der Waals surface area contributed by atoms with E-state index in [1.54, 1.807) is 10.3 Å². The van der Waals surface area contributed by atoms with E-state index in [1.165, 1.54) is 28.0 Å². The maximum atomic E-state index is 15.6. The third kappa shape index (κ3) is 11.0. The molecule has 84 heavy (non-hydrogen) atoms. The minimum atomic E-state index is -1.40. The number of thiazole rings is 1. The molecular formula is C69H58N6O7S2. The normalized spacial score (nSPS) is 16.1. The van der Waals surface area contributed by atoms with Crippen LogP contribution in [0, 0.1) is 0 Å². The number of benzene rings is 8. The van der Waals surface area contributed by atoms with Gasteiger partial charge in [-0.2, -0.15) is 0 Å². The third-order valence-electron chi connectivity index (χ3n) is 15.4. The Labute approximate surface area is 495 Å². The molecule has 15 heteroatoms. The highest BCUT2D eigenvalue weighted by Gasteiger charge is 2.55. The molecule has 9 aromatic rings. The second-order valence-corrected chi connectivity index (χ2v) is 22.5. The number of oxime groups is 1. The van der Waals surface area contributed by atoms with Crippen molar-refractivity contribution in [3.63, 3.8) is 0 Å². The fourth-order valence-corrected chi connectivity index (χ4v) is 13.3. The summed E-state index contributed by atoms with van der Waals surface area (Å²) in [5.41, 5.74) is 4.48. The standard InChI is InChI=1S/C69H58N6O7S2/c76-62(71-59-63(77)75-60(50(46-83-64(59)75)45-80-67(79)74-43-25-26-44-74)65(78)81-61(48-27-9-1-10-28-48)49-29-11-2-12-30-49)58(73-82-69(54-37-19-6-20-38-54,55-39-21-7-22-40-55)56-41-23-8-24-42-56)57-47-84-66(70-57)72-68(51-31-13-3-14-32-51,52-33-15-4-16-34-52)53-35-17-5-18-36-53/h1-24,27-42,47,59,61,64H,25-26,43-46H2,(H,70,72)(H,71,76)/b73-58-/t59?,64-/m1/s1. The van der Waals surface area contributed by atoms with Gasteiger partial charge in [0.25, 0.3) is 11.8 Å². The van der Waals surface area contributed by atoms with Gasteiger partial charge in [0.15, 0.2) is 16.9 Å². The summed E-state index contributed by atoms with van der Waals surface area (Å²) in [5, 5.41) is 13.2. The average molecular weight is 1150 g/mol. The fraction of sp³-hybridized carbons (Fsp3) is 0.159. The van der Waals surface area contributed by atoms with Crippen molar-refractivity contribution in [1.82, 2.24) is 20.1 Å². The van der Waals surface area contributed by atoms with Crippen LogP contribution in [-0.2, 0) is 39.8 Å². The van der Waals surface area contributed by atoms with Crippen molar-refractivity contribution >= 4 is 57.8 Å². The van der Waals surface area contributed by atoms with Crippen LogP contribution in [0.2, 0.25) is 0 Å². The van der Waals surface area contributed by atoms with Crippen LogP contribution in [0.25, 0.3) is 0 Å². The van der Waals surface area contributed by atoms with Gasteiger partial charge in [-0.05, 0) is 40.7 Å². The van der Waals surface area contributed by atoms with Crippen molar-refractivity contribution in [2.75, 3.05) is 30.8 Å². The van der Waals surface area contributed by atoms with Gasteiger partial charge in [-0.3, -0.25) is 14.5 Å². The summed E-state index contributed by atoms with van der Waals surface area (Å²) in [4.78, 5) is 74.0. The van der Waals surface area contributed by atoms with Crippen LogP contribution in [0.1, 0.15) is 69.1 Å². The second kappa shape index (κ2) is 24.9. The van der Waals surface area contributed by atoms with Crippen LogP contribution >= 0.6 is 23.1 Å². The molecule has 0 aliphatic carbocycles. The highest BCUT2D eigenvalue weighted by atomic mass is 32.2. The van der Waals surface area contributed by atoms with Gasteiger partial charge in [0.2, 0.25) is 5.60 Å². The van der Waals surface area contributed by atoms with Crippen molar-refractivity contribution in [3.05, 3.63) is 310 Å². The summed E-state index contributed by atoms with van der Waals surface area (Å²) in [6.07, 6.45) is 0.396. The first kappa shape index (κ1) is 55.0. The van der Waals surface area contributed by atoms with Crippen molar-refractivity contribution in [1.29, 1.82) is 0 Å². The average Bonchev–Trinajstić information content (AvgIpc) is 3.86. The molecule has 8 aromatic carbocycles. The van der Waals surface area contributed by atoms with E-state index in [9.17, 15) is 9.59 Å². The highest BCUT2D eigenvalue weighted by molar-refractivity contribution is 8.00. The number of anilines is 1. The summed E-state index contributed by atoms with van der Waals surface area (Å²) >= 11 is 2.63. The number of thioether (sulfide) groups is 1. The molecule has 0 spiro atoms. The SMILES string of the molecule is O=C(OC(c1ccccc1)c1ccccc1)C1=C(COC(=O)N2CCCC2)CS[C@@H]2C(NC(=O)/C(=N\OC(c3ccccc3)(c3ccccc3)c3ccccc3)c3csc(NC(c4ccccc4)(c4ccccc4)c4ccccc4)n3)C(=O)N12. The summed E-state index contributed by atoms with van der Waals surface area (Å²) in [5.74, 6) is -1.91.